The first kappa shape index (κ1) is 8.85. The van der Waals surface area contributed by atoms with Gasteiger partial charge in [0.1, 0.15) is 5.75 Å². The molecule has 1 nitrogen and oxygen atoms in total. The van der Waals surface area contributed by atoms with Crippen LogP contribution in [0.4, 0.5) is 0 Å². The van der Waals surface area contributed by atoms with Crippen molar-refractivity contribution in [1.82, 2.24) is 0 Å². The van der Waals surface area contributed by atoms with Crippen molar-refractivity contribution in [1.29, 1.82) is 0 Å². The molecule has 0 unspecified atom stereocenters. The summed E-state index contributed by atoms with van der Waals surface area (Å²) in [5.41, 5.74) is 1.16. The highest BCUT2D eigenvalue weighted by Gasteiger charge is 1.90. The van der Waals surface area contributed by atoms with Crippen molar-refractivity contribution in [3.63, 3.8) is 0 Å². The zero-order valence-corrected chi connectivity index (χ0v) is 7.42. The maximum absolute atomic E-state index is 5.46. The largest absolute Gasteiger partial charge is 0.493 e. The number of para-hydroxylation sites is 1. The molecule has 0 aliphatic carbocycles. The molecule has 0 atom stereocenters. The number of hydrogen-bond donors (Lipinski definition) is 0. The van der Waals surface area contributed by atoms with E-state index in [1.807, 2.05) is 37.3 Å². The first-order valence-corrected chi connectivity index (χ1v) is 4.11. The molecule has 1 aromatic carbocycles. The molecule has 0 N–H and O–H groups in total. The maximum Gasteiger partial charge on any atom is 0.119 e. The average Bonchev–Trinajstić information content (AvgIpc) is 2.05. The molecule has 64 valence electrons. The van der Waals surface area contributed by atoms with E-state index < -0.39 is 0 Å². The molecule has 0 radical (unpaired) electrons. The molecule has 0 aromatic heterocycles. The van der Waals surface area contributed by atoms with Crippen molar-refractivity contribution >= 4 is 0 Å². The summed E-state index contributed by atoms with van der Waals surface area (Å²) in [4.78, 5) is 0. The van der Waals surface area contributed by atoms with E-state index in [4.69, 9.17) is 4.74 Å². The minimum absolute atomic E-state index is 0.722. The van der Waals surface area contributed by atoms with Crippen molar-refractivity contribution in [2.75, 3.05) is 6.61 Å². The lowest BCUT2D eigenvalue weighted by atomic mass is 10.3. The fourth-order valence-electron chi connectivity index (χ4n) is 0.860. The number of hydrogen-bond acceptors (Lipinski definition) is 1. The van der Waals surface area contributed by atoms with Crippen LogP contribution in [0.25, 0.3) is 0 Å². The van der Waals surface area contributed by atoms with Gasteiger partial charge in [-0.25, -0.2) is 0 Å². The van der Waals surface area contributed by atoms with Gasteiger partial charge in [0, 0.05) is 6.42 Å². The van der Waals surface area contributed by atoms with E-state index in [9.17, 15) is 0 Å². The lowest BCUT2D eigenvalue weighted by Crippen LogP contribution is -1.96. The van der Waals surface area contributed by atoms with Gasteiger partial charge in [-0.2, -0.15) is 0 Å². The fourth-order valence-corrected chi connectivity index (χ4v) is 0.860. The Hall–Kier alpha value is -1.24. The SMILES string of the molecule is C=C(C)CCOc1ccccc1. The smallest absolute Gasteiger partial charge is 0.119 e. The van der Waals surface area contributed by atoms with Crippen LogP contribution in [-0.2, 0) is 0 Å². The molecule has 0 saturated carbocycles. The van der Waals surface area contributed by atoms with E-state index in [-0.39, 0.29) is 0 Å². The molecule has 0 fully saturated rings. The minimum atomic E-state index is 0.722. The van der Waals surface area contributed by atoms with Crippen LogP contribution in [0.5, 0.6) is 5.75 Å². The second-order valence-electron chi connectivity index (χ2n) is 2.87. The quantitative estimate of drug-likeness (QED) is 0.618. The Kier molecular flexibility index (Phi) is 3.39. The van der Waals surface area contributed by atoms with Crippen molar-refractivity contribution in [3.8, 4) is 5.75 Å². The van der Waals surface area contributed by atoms with Gasteiger partial charge in [-0.05, 0) is 19.1 Å². The van der Waals surface area contributed by atoms with Crippen LogP contribution in [0.2, 0.25) is 0 Å². The Morgan fingerprint density at radius 1 is 1.33 bits per heavy atom. The topological polar surface area (TPSA) is 9.23 Å². The third-order valence-electron chi connectivity index (χ3n) is 1.54. The standard InChI is InChI=1S/C11H14O/c1-10(2)8-9-12-11-6-4-3-5-7-11/h3-7H,1,8-9H2,2H3. The van der Waals surface area contributed by atoms with E-state index in [0.717, 1.165) is 24.4 Å². The maximum atomic E-state index is 5.46. The molecule has 12 heavy (non-hydrogen) atoms. The summed E-state index contributed by atoms with van der Waals surface area (Å²) >= 11 is 0. The average molecular weight is 162 g/mol. The summed E-state index contributed by atoms with van der Waals surface area (Å²) in [5.74, 6) is 0.929. The second-order valence-corrected chi connectivity index (χ2v) is 2.87. The summed E-state index contributed by atoms with van der Waals surface area (Å²) < 4.78 is 5.46. The molecule has 1 heteroatoms. The van der Waals surface area contributed by atoms with Gasteiger partial charge in [0.25, 0.3) is 0 Å². The van der Waals surface area contributed by atoms with Gasteiger partial charge >= 0.3 is 0 Å². The van der Waals surface area contributed by atoms with Crippen LogP contribution >= 0.6 is 0 Å². The monoisotopic (exact) mass is 162 g/mol. The van der Waals surface area contributed by atoms with Crippen molar-refractivity contribution in [3.05, 3.63) is 42.5 Å². The first-order valence-electron chi connectivity index (χ1n) is 4.11. The molecule has 0 aliphatic heterocycles. The van der Waals surface area contributed by atoms with Crippen LogP contribution in [-0.4, -0.2) is 6.61 Å². The highest BCUT2D eigenvalue weighted by atomic mass is 16.5. The highest BCUT2D eigenvalue weighted by Crippen LogP contribution is 2.09. The zero-order chi connectivity index (χ0) is 8.81. The summed E-state index contributed by atoms with van der Waals surface area (Å²) in [6.45, 7) is 6.54. The molecule has 1 rings (SSSR count). The Morgan fingerprint density at radius 2 is 2.00 bits per heavy atom. The van der Waals surface area contributed by atoms with Crippen LogP contribution in [0, 0.1) is 0 Å². The normalized spacial score (nSPS) is 9.42. The Labute approximate surface area is 73.7 Å². The van der Waals surface area contributed by atoms with Crippen LogP contribution in [0.1, 0.15) is 13.3 Å². The van der Waals surface area contributed by atoms with Crippen molar-refractivity contribution in [2.24, 2.45) is 0 Å². The van der Waals surface area contributed by atoms with Crippen LogP contribution < -0.4 is 4.74 Å². The fraction of sp³-hybridized carbons (Fsp3) is 0.273. The van der Waals surface area contributed by atoms with E-state index in [1.54, 1.807) is 0 Å². The van der Waals surface area contributed by atoms with Gasteiger partial charge in [-0.1, -0.05) is 23.8 Å². The molecule has 1 aromatic rings. The van der Waals surface area contributed by atoms with Gasteiger partial charge in [0.2, 0.25) is 0 Å². The molecular formula is C11H14O. The second kappa shape index (κ2) is 4.60. The van der Waals surface area contributed by atoms with Crippen LogP contribution in [0.15, 0.2) is 42.5 Å². The summed E-state index contributed by atoms with van der Waals surface area (Å²) in [5, 5.41) is 0. The first-order chi connectivity index (χ1) is 5.79. The predicted molar refractivity (Wildman–Crippen MR) is 51.4 cm³/mol. The van der Waals surface area contributed by atoms with Gasteiger partial charge in [-0.3, -0.25) is 0 Å². The number of rotatable bonds is 4. The van der Waals surface area contributed by atoms with Gasteiger partial charge < -0.3 is 4.74 Å². The van der Waals surface area contributed by atoms with E-state index >= 15 is 0 Å². The summed E-state index contributed by atoms with van der Waals surface area (Å²) in [6, 6.07) is 9.83. The molecule has 0 spiro atoms. The predicted octanol–water partition coefficient (Wildman–Crippen LogP) is 3.03. The third-order valence-corrected chi connectivity index (χ3v) is 1.54. The van der Waals surface area contributed by atoms with E-state index in [2.05, 4.69) is 6.58 Å². The molecule has 0 amide bonds. The number of benzene rings is 1. The summed E-state index contributed by atoms with van der Waals surface area (Å²) in [7, 11) is 0. The van der Waals surface area contributed by atoms with Gasteiger partial charge in [0.15, 0.2) is 0 Å². The van der Waals surface area contributed by atoms with Gasteiger partial charge in [0.05, 0.1) is 6.61 Å². The summed E-state index contributed by atoms with van der Waals surface area (Å²) in [6.07, 6.45) is 0.925. The third kappa shape index (κ3) is 3.24. The molecule has 0 saturated heterocycles. The Bertz CT molecular complexity index is 238. The molecule has 0 bridgehead atoms. The molecule has 0 heterocycles. The van der Waals surface area contributed by atoms with E-state index in [0.29, 0.717) is 0 Å². The van der Waals surface area contributed by atoms with Crippen LogP contribution in [0.3, 0.4) is 0 Å². The molecule has 0 aliphatic rings. The molecular weight excluding hydrogens is 148 g/mol. The van der Waals surface area contributed by atoms with E-state index in [1.165, 1.54) is 0 Å². The van der Waals surface area contributed by atoms with Crippen molar-refractivity contribution in [2.45, 2.75) is 13.3 Å². The van der Waals surface area contributed by atoms with Crippen molar-refractivity contribution < 1.29 is 4.74 Å². The highest BCUT2D eigenvalue weighted by molar-refractivity contribution is 5.20. The van der Waals surface area contributed by atoms with Gasteiger partial charge in [-0.15, -0.1) is 6.58 Å². The Balaban J connectivity index is 2.29. The number of ether oxygens (including phenoxy) is 1. The lowest BCUT2D eigenvalue weighted by molar-refractivity contribution is 0.322. The minimum Gasteiger partial charge on any atom is -0.493 e. The zero-order valence-electron chi connectivity index (χ0n) is 7.42. The lowest BCUT2D eigenvalue weighted by Gasteiger charge is -2.04. The Morgan fingerprint density at radius 3 is 2.58 bits per heavy atom.